The van der Waals surface area contributed by atoms with Crippen LogP contribution in [0.25, 0.3) is 28.1 Å². The molecule has 0 radical (unpaired) electrons. The first kappa shape index (κ1) is 14.1. The zero-order valence-corrected chi connectivity index (χ0v) is 12.2. The third kappa shape index (κ3) is 2.66. The molecule has 0 atom stereocenters. The van der Waals surface area contributed by atoms with Crippen molar-refractivity contribution >= 4 is 22.9 Å². The lowest BCUT2D eigenvalue weighted by atomic mass is 9.97. The minimum absolute atomic E-state index is 0.147. The summed E-state index contributed by atoms with van der Waals surface area (Å²) in [5, 5.41) is 9.94. The second kappa shape index (κ2) is 5.90. The van der Waals surface area contributed by atoms with Crippen LogP contribution in [-0.2, 0) is 11.2 Å². The average molecular weight is 291 g/mol. The van der Waals surface area contributed by atoms with E-state index in [-0.39, 0.29) is 6.42 Å². The van der Waals surface area contributed by atoms with Crippen LogP contribution in [0.2, 0.25) is 0 Å². The highest BCUT2D eigenvalue weighted by Crippen LogP contribution is 2.32. The van der Waals surface area contributed by atoms with Gasteiger partial charge in [0.1, 0.15) is 0 Å². The molecule has 1 aromatic heterocycles. The van der Waals surface area contributed by atoms with E-state index < -0.39 is 5.97 Å². The molecular weight excluding hydrogens is 274 g/mol. The van der Waals surface area contributed by atoms with Crippen LogP contribution in [0.5, 0.6) is 0 Å². The molecule has 3 nitrogen and oxygen atoms in total. The molecule has 2 N–H and O–H groups in total. The first-order valence-electron chi connectivity index (χ1n) is 7.22. The molecule has 0 aliphatic heterocycles. The quantitative estimate of drug-likeness (QED) is 0.727. The Labute approximate surface area is 128 Å². The van der Waals surface area contributed by atoms with Gasteiger partial charge in [-0.2, -0.15) is 0 Å². The molecule has 0 aliphatic carbocycles. The fraction of sp³-hybridized carbons (Fsp3) is 0.105. The van der Waals surface area contributed by atoms with Gasteiger partial charge in [0.25, 0.3) is 0 Å². The van der Waals surface area contributed by atoms with Crippen molar-refractivity contribution in [1.82, 2.24) is 4.98 Å². The van der Waals surface area contributed by atoms with E-state index in [9.17, 15) is 4.79 Å². The molecule has 0 bridgehead atoms. The van der Waals surface area contributed by atoms with Gasteiger partial charge >= 0.3 is 5.97 Å². The third-order valence-electron chi connectivity index (χ3n) is 3.84. The highest BCUT2D eigenvalue weighted by atomic mass is 16.4. The summed E-state index contributed by atoms with van der Waals surface area (Å²) in [6.45, 7) is 3.87. The number of rotatable bonds is 5. The maximum Gasteiger partial charge on any atom is 0.303 e. The first-order valence-corrected chi connectivity index (χ1v) is 7.22. The van der Waals surface area contributed by atoms with Crippen LogP contribution in [-0.4, -0.2) is 16.1 Å². The molecule has 3 aromatic rings. The monoisotopic (exact) mass is 291 g/mol. The van der Waals surface area contributed by atoms with Gasteiger partial charge in [0, 0.05) is 29.1 Å². The zero-order valence-electron chi connectivity index (χ0n) is 12.2. The molecule has 2 aromatic carbocycles. The fourth-order valence-corrected chi connectivity index (χ4v) is 2.72. The number of carboxylic acids is 1. The molecule has 0 fully saturated rings. The van der Waals surface area contributed by atoms with E-state index in [2.05, 4.69) is 23.7 Å². The van der Waals surface area contributed by atoms with Crippen LogP contribution in [0.3, 0.4) is 0 Å². The topological polar surface area (TPSA) is 53.1 Å². The molecule has 0 unspecified atom stereocenters. The molecule has 3 rings (SSSR count). The first-order chi connectivity index (χ1) is 10.7. The fourth-order valence-electron chi connectivity index (χ4n) is 2.72. The maximum atomic E-state index is 10.7. The second-order valence-corrected chi connectivity index (χ2v) is 5.27. The minimum atomic E-state index is -0.772. The Morgan fingerprint density at radius 2 is 2.00 bits per heavy atom. The van der Waals surface area contributed by atoms with Crippen LogP contribution in [0.15, 0.2) is 55.2 Å². The summed E-state index contributed by atoms with van der Waals surface area (Å²) in [7, 11) is 0. The third-order valence-corrected chi connectivity index (χ3v) is 3.84. The molecule has 1 heterocycles. The van der Waals surface area contributed by atoms with Gasteiger partial charge in [0.15, 0.2) is 0 Å². The molecule has 0 aliphatic rings. The number of aliphatic carboxylic acids is 1. The van der Waals surface area contributed by atoms with Gasteiger partial charge in [-0.05, 0) is 35.2 Å². The molecule has 0 saturated carbocycles. The van der Waals surface area contributed by atoms with E-state index >= 15 is 0 Å². The molecule has 0 saturated heterocycles. The normalized spacial score (nSPS) is 10.7. The van der Waals surface area contributed by atoms with Crippen LogP contribution < -0.4 is 0 Å². The molecule has 3 heteroatoms. The van der Waals surface area contributed by atoms with Crippen molar-refractivity contribution in [2.45, 2.75) is 12.8 Å². The van der Waals surface area contributed by atoms with Gasteiger partial charge in [-0.3, -0.25) is 4.79 Å². The summed E-state index contributed by atoms with van der Waals surface area (Å²) >= 11 is 0. The van der Waals surface area contributed by atoms with Crippen molar-refractivity contribution in [3.05, 3.63) is 66.4 Å². The highest BCUT2D eigenvalue weighted by Gasteiger charge is 2.10. The van der Waals surface area contributed by atoms with Crippen molar-refractivity contribution in [3.63, 3.8) is 0 Å². The van der Waals surface area contributed by atoms with E-state index in [1.54, 1.807) is 0 Å². The van der Waals surface area contributed by atoms with Crippen molar-refractivity contribution in [3.8, 4) is 11.1 Å². The number of benzene rings is 2. The van der Waals surface area contributed by atoms with Crippen molar-refractivity contribution in [2.24, 2.45) is 0 Å². The Kier molecular flexibility index (Phi) is 3.79. The van der Waals surface area contributed by atoms with E-state index in [0.29, 0.717) is 6.42 Å². The average Bonchev–Trinajstić information content (AvgIpc) is 2.95. The Bertz CT molecular complexity index is 846. The van der Waals surface area contributed by atoms with Gasteiger partial charge in [0.2, 0.25) is 0 Å². The second-order valence-electron chi connectivity index (χ2n) is 5.27. The maximum absolute atomic E-state index is 10.7. The number of hydrogen-bond donors (Lipinski definition) is 2. The lowest BCUT2D eigenvalue weighted by Gasteiger charge is -2.06. The number of carbonyl (C=O) groups is 1. The van der Waals surface area contributed by atoms with Crippen LogP contribution in [0.4, 0.5) is 0 Å². The number of H-pyrrole nitrogens is 1. The van der Waals surface area contributed by atoms with E-state index in [0.717, 1.165) is 33.2 Å². The summed E-state index contributed by atoms with van der Waals surface area (Å²) in [4.78, 5) is 14.0. The molecule has 22 heavy (non-hydrogen) atoms. The zero-order chi connectivity index (χ0) is 15.5. The molecular formula is C19H17NO2. The number of nitrogens with one attached hydrogen (secondary N) is 1. The summed E-state index contributed by atoms with van der Waals surface area (Å²) in [5.41, 5.74) is 5.40. The van der Waals surface area contributed by atoms with E-state index in [4.69, 9.17) is 5.11 Å². The summed E-state index contributed by atoms with van der Waals surface area (Å²) < 4.78 is 0. The van der Waals surface area contributed by atoms with Gasteiger partial charge in [-0.1, -0.05) is 43.0 Å². The van der Waals surface area contributed by atoms with Crippen LogP contribution >= 0.6 is 0 Å². The number of carboxylic acid groups (broad SMARTS) is 1. The summed E-state index contributed by atoms with van der Waals surface area (Å²) in [5.74, 6) is -0.772. The van der Waals surface area contributed by atoms with Crippen molar-refractivity contribution in [2.75, 3.05) is 0 Å². The smallest absolute Gasteiger partial charge is 0.303 e. The number of aromatic amines is 1. The summed E-state index contributed by atoms with van der Waals surface area (Å²) in [6.07, 6.45) is 4.53. The number of aromatic nitrogens is 1. The predicted octanol–water partition coefficient (Wildman–Crippen LogP) is 4.50. The Hall–Kier alpha value is -2.81. The van der Waals surface area contributed by atoms with Gasteiger partial charge in [-0.15, -0.1) is 0 Å². The van der Waals surface area contributed by atoms with E-state index in [1.807, 2.05) is 42.6 Å². The summed E-state index contributed by atoms with van der Waals surface area (Å²) in [6, 6.07) is 14.2. The molecule has 0 spiro atoms. The Morgan fingerprint density at radius 3 is 2.77 bits per heavy atom. The standard InChI is InChI=1S/C19H17NO2/c1-2-14-5-3-4-6-15(14)17-12-20-18-9-7-13(11-16(17)18)8-10-19(21)22/h2-7,9,11-12,20H,1,8,10H2,(H,21,22). The van der Waals surface area contributed by atoms with Crippen LogP contribution in [0, 0.1) is 0 Å². The van der Waals surface area contributed by atoms with Crippen molar-refractivity contribution < 1.29 is 9.90 Å². The molecule has 110 valence electrons. The number of hydrogen-bond acceptors (Lipinski definition) is 1. The largest absolute Gasteiger partial charge is 0.481 e. The lowest BCUT2D eigenvalue weighted by Crippen LogP contribution is -1.97. The van der Waals surface area contributed by atoms with E-state index in [1.165, 1.54) is 0 Å². The number of fused-ring (bicyclic) bond motifs is 1. The Morgan fingerprint density at radius 1 is 1.18 bits per heavy atom. The Balaban J connectivity index is 2.08. The van der Waals surface area contributed by atoms with Gasteiger partial charge in [-0.25, -0.2) is 0 Å². The number of aryl methyl sites for hydroxylation is 1. The highest BCUT2D eigenvalue weighted by molar-refractivity contribution is 5.97. The lowest BCUT2D eigenvalue weighted by molar-refractivity contribution is -0.136. The van der Waals surface area contributed by atoms with Gasteiger partial charge in [0.05, 0.1) is 0 Å². The molecule has 0 amide bonds. The van der Waals surface area contributed by atoms with Gasteiger partial charge < -0.3 is 10.1 Å². The minimum Gasteiger partial charge on any atom is -0.481 e. The SMILES string of the molecule is C=Cc1ccccc1-c1c[nH]c2ccc(CCC(=O)O)cc12. The van der Waals surface area contributed by atoms with Crippen LogP contribution in [0.1, 0.15) is 17.5 Å². The van der Waals surface area contributed by atoms with Crippen molar-refractivity contribution in [1.29, 1.82) is 0 Å². The predicted molar refractivity (Wildman–Crippen MR) is 89.8 cm³/mol.